The molecule has 2 rings (SSSR count). The van der Waals surface area contributed by atoms with Crippen LogP contribution >= 0.6 is 0 Å². The van der Waals surface area contributed by atoms with Crippen molar-refractivity contribution >= 4 is 17.3 Å². The van der Waals surface area contributed by atoms with Crippen LogP contribution < -0.4 is 9.64 Å². The summed E-state index contributed by atoms with van der Waals surface area (Å²) in [7, 11) is 1.62. The molecular weight excluding hydrogens is 212 g/mol. The second-order valence-corrected chi connectivity index (χ2v) is 3.57. The van der Waals surface area contributed by atoms with Crippen molar-refractivity contribution in [2.24, 2.45) is 0 Å². The first-order chi connectivity index (χ1) is 7.50. The van der Waals surface area contributed by atoms with Gasteiger partial charge in [-0.15, -0.1) is 0 Å². The molecule has 1 heterocycles. The van der Waals surface area contributed by atoms with Gasteiger partial charge >= 0.3 is 0 Å². The predicted octanol–water partition coefficient (Wildman–Crippen LogP) is 1.34. The lowest BCUT2D eigenvalue weighted by Gasteiger charge is -2.29. The molecule has 1 atom stereocenters. The quantitative estimate of drug-likeness (QED) is 0.531. The van der Waals surface area contributed by atoms with Crippen molar-refractivity contribution in [2.45, 2.75) is 13.0 Å². The first kappa shape index (κ1) is 10.4. The van der Waals surface area contributed by atoms with E-state index in [1.54, 1.807) is 14.0 Å². The fourth-order valence-corrected chi connectivity index (χ4v) is 1.62. The van der Waals surface area contributed by atoms with Crippen molar-refractivity contribution < 1.29 is 14.5 Å². The minimum atomic E-state index is -0.612. The van der Waals surface area contributed by atoms with E-state index >= 15 is 0 Å². The van der Waals surface area contributed by atoms with Gasteiger partial charge in [0.15, 0.2) is 11.9 Å². The lowest BCUT2D eigenvalue weighted by molar-refractivity contribution is -0.384. The number of non-ortho nitro benzene ring substituents is 1. The van der Waals surface area contributed by atoms with Gasteiger partial charge < -0.3 is 9.64 Å². The monoisotopic (exact) mass is 222 g/mol. The highest BCUT2D eigenvalue weighted by Gasteiger charge is 2.29. The number of anilines is 1. The molecule has 0 saturated heterocycles. The number of fused-ring (bicyclic) bond motifs is 1. The maximum absolute atomic E-state index is 11.6. The number of nitrogens with zero attached hydrogens (tertiary/aromatic N) is 2. The average Bonchev–Trinajstić information content (AvgIpc) is 2.25. The number of ether oxygens (including phenoxy) is 1. The van der Waals surface area contributed by atoms with E-state index in [0.717, 1.165) is 0 Å². The van der Waals surface area contributed by atoms with Crippen molar-refractivity contribution in [3.8, 4) is 5.75 Å². The van der Waals surface area contributed by atoms with Crippen LogP contribution in [-0.4, -0.2) is 24.0 Å². The van der Waals surface area contributed by atoms with Crippen LogP contribution in [0.4, 0.5) is 11.4 Å². The van der Waals surface area contributed by atoms with E-state index in [2.05, 4.69) is 0 Å². The number of carbonyl (C=O) groups excluding carboxylic acids is 1. The number of amides is 1. The fraction of sp³-hybridized carbons (Fsp3) is 0.300. The summed E-state index contributed by atoms with van der Waals surface area (Å²) >= 11 is 0. The molecule has 6 heteroatoms. The number of likely N-dealkylation sites (N-methyl/N-ethyl adjacent to an activating group) is 1. The Hall–Kier alpha value is -2.11. The van der Waals surface area contributed by atoms with E-state index in [0.29, 0.717) is 11.4 Å². The molecule has 1 aromatic carbocycles. The smallest absolute Gasteiger partial charge is 0.273 e. The highest BCUT2D eigenvalue weighted by Crippen LogP contribution is 2.35. The zero-order chi connectivity index (χ0) is 11.9. The summed E-state index contributed by atoms with van der Waals surface area (Å²) < 4.78 is 5.31. The fourth-order valence-electron chi connectivity index (χ4n) is 1.62. The summed E-state index contributed by atoms with van der Waals surface area (Å²) in [5.74, 6) is 0.199. The first-order valence-electron chi connectivity index (χ1n) is 4.73. The van der Waals surface area contributed by atoms with E-state index in [1.807, 2.05) is 0 Å². The van der Waals surface area contributed by atoms with Gasteiger partial charge in [-0.25, -0.2) is 0 Å². The van der Waals surface area contributed by atoms with Gasteiger partial charge in [-0.3, -0.25) is 14.9 Å². The normalized spacial score (nSPS) is 19.0. The number of nitro benzene ring substituents is 1. The summed E-state index contributed by atoms with van der Waals surface area (Å²) in [4.78, 5) is 23.1. The maximum atomic E-state index is 11.6. The Morgan fingerprint density at radius 2 is 2.19 bits per heavy atom. The Labute approximate surface area is 91.6 Å². The van der Waals surface area contributed by atoms with E-state index in [1.165, 1.54) is 23.1 Å². The summed E-state index contributed by atoms with van der Waals surface area (Å²) in [6, 6.07) is 4.19. The van der Waals surface area contributed by atoms with Crippen LogP contribution in [0.2, 0.25) is 0 Å². The number of nitro groups is 1. The van der Waals surface area contributed by atoms with Gasteiger partial charge in [-0.05, 0) is 13.0 Å². The van der Waals surface area contributed by atoms with E-state index in [9.17, 15) is 14.9 Å². The summed E-state index contributed by atoms with van der Waals surface area (Å²) in [5.41, 5.74) is 0.502. The number of carbonyl (C=O) groups is 1. The van der Waals surface area contributed by atoms with Gasteiger partial charge in [-0.2, -0.15) is 0 Å². The second-order valence-electron chi connectivity index (χ2n) is 3.57. The molecular formula is C10H10N2O4. The van der Waals surface area contributed by atoms with Crippen LogP contribution in [0.15, 0.2) is 18.2 Å². The van der Waals surface area contributed by atoms with Crippen molar-refractivity contribution in [3.63, 3.8) is 0 Å². The molecule has 1 amide bonds. The molecule has 1 aliphatic heterocycles. The van der Waals surface area contributed by atoms with Crippen molar-refractivity contribution in [1.29, 1.82) is 0 Å². The number of hydrogen-bond acceptors (Lipinski definition) is 4. The standard InChI is InChI=1S/C10H10N2O4/c1-6-10(13)11(2)8-4-3-7(12(14)15)5-9(8)16-6/h3-6H,1-2H3/t6-/m1/s1. The Bertz CT molecular complexity index is 472. The summed E-state index contributed by atoms with van der Waals surface area (Å²) in [6.07, 6.45) is -0.612. The highest BCUT2D eigenvalue weighted by atomic mass is 16.6. The van der Waals surface area contributed by atoms with Crippen LogP contribution in [0.1, 0.15) is 6.92 Å². The molecule has 0 saturated carbocycles. The van der Waals surface area contributed by atoms with Crippen LogP contribution in [0.25, 0.3) is 0 Å². The van der Waals surface area contributed by atoms with Crippen molar-refractivity contribution in [2.75, 3.05) is 11.9 Å². The molecule has 0 radical (unpaired) electrons. The number of rotatable bonds is 1. The van der Waals surface area contributed by atoms with E-state index in [-0.39, 0.29) is 11.6 Å². The molecule has 16 heavy (non-hydrogen) atoms. The number of benzene rings is 1. The Morgan fingerprint density at radius 3 is 2.81 bits per heavy atom. The minimum Gasteiger partial charge on any atom is -0.478 e. The Balaban J connectivity index is 2.49. The average molecular weight is 222 g/mol. The molecule has 0 bridgehead atoms. The molecule has 0 fully saturated rings. The van der Waals surface area contributed by atoms with E-state index in [4.69, 9.17) is 4.74 Å². The molecule has 84 valence electrons. The zero-order valence-corrected chi connectivity index (χ0v) is 8.84. The third-order valence-corrected chi connectivity index (χ3v) is 2.50. The van der Waals surface area contributed by atoms with Crippen LogP contribution in [-0.2, 0) is 4.79 Å². The van der Waals surface area contributed by atoms with Gasteiger partial charge in [0, 0.05) is 13.1 Å². The predicted molar refractivity (Wildman–Crippen MR) is 56.6 cm³/mol. The van der Waals surface area contributed by atoms with Crippen molar-refractivity contribution in [3.05, 3.63) is 28.3 Å². The third-order valence-electron chi connectivity index (χ3n) is 2.50. The maximum Gasteiger partial charge on any atom is 0.273 e. The molecule has 0 N–H and O–H groups in total. The topological polar surface area (TPSA) is 72.7 Å². The van der Waals surface area contributed by atoms with Crippen molar-refractivity contribution in [1.82, 2.24) is 0 Å². The molecule has 0 aromatic heterocycles. The molecule has 1 aliphatic rings. The molecule has 0 unspecified atom stereocenters. The molecule has 1 aromatic rings. The first-order valence-corrected chi connectivity index (χ1v) is 4.73. The summed E-state index contributed by atoms with van der Waals surface area (Å²) in [5, 5.41) is 10.6. The second kappa shape index (κ2) is 3.48. The SMILES string of the molecule is C[C@H]1Oc2cc([N+](=O)[O-])ccc2N(C)C1=O. The Morgan fingerprint density at radius 1 is 1.50 bits per heavy atom. The lowest BCUT2D eigenvalue weighted by Crippen LogP contribution is -2.41. The van der Waals surface area contributed by atoms with Crippen LogP contribution in [0.3, 0.4) is 0 Å². The van der Waals surface area contributed by atoms with Crippen LogP contribution in [0.5, 0.6) is 5.75 Å². The molecule has 6 nitrogen and oxygen atoms in total. The third kappa shape index (κ3) is 1.48. The molecule has 0 aliphatic carbocycles. The largest absolute Gasteiger partial charge is 0.478 e. The zero-order valence-electron chi connectivity index (χ0n) is 8.84. The molecule has 0 spiro atoms. The van der Waals surface area contributed by atoms with Gasteiger partial charge in [0.05, 0.1) is 16.7 Å². The van der Waals surface area contributed by atoms with Crippen LogP contribution in [0, 0.1) is 10.1 Å². The van der Waals surface area contributed by atoms with Gasteiger partial charge in [0.2, 0.25) is 0 Å². The Kier molecular flexibility index (Phi) is 2.26. The minimum absolute atomic E-state index is 0.0475. The van der Waals surface area contributed by atoms with Gasteiger partial charge in [-0.1, -0.05) is 0 Å². The van der Waals surface area contributed by atoms with Gasteiger partial charge in [0.25, 0.3) is 11.6 Å². The highest BCUT2D eigenvalue weighted by molar-refractivity contribution is 5.99. The summed E-state index contributed by atoms with van der Waals surface area (Å²) in [6.45, 7) is 1.61. The van der Waals surface area contributed by atoms with E-state index < -0.39 is 11.0 Å². The lowest BCUT2D eigenvalue weighted by atomic mass is 10.2. The van der Waals surface area contributed by atoms with Gasteiger partial charge in [0.1, 0.15) is 0 Å². The number of hydrogen-bond donors (Lipinski definition) is 0.